The minimum Gasteiger partial charge on any atom is -0.422 e. The number of benzene rings is 1. The van der Waals surface area contributed by atoms with Gasteiger partial charge in [-0.2, -0.15) is 0 Å². The van der Waals surface area contributed by atoms with Gasteiger partial charge in [-0.05, 0) is 12.1 Å². The van der Waals surface area contributed by atoms with Crippen LogP contribution in [0.25, 0.3) is 22.1 Å². The molecule has 24 heavy (non-hydrogen) atoms. The zero-order valence-corrected chi connectivity index (χ0v) is 13.0. The first-order valence-electron chi connectivity index (χ1n) is 7.05. The molecular formula is C16H10N4O3S. The maximum atomic E-state index is 12.4. The molecule has 1 aromatic carbocycles. The minimum atomic E-state index is -0.631. The summed E-state index contributed by atoms with van der Waals surface area (Å²) in [6.45, 7) is 0. The summed E-state index contributed by atoms with van der Waals surface area (Å²) >= 11 is 1.22. The van der Waals surface area contributed by atoms with E-state index in [1.54, 1.807) is 24.3 Å². The molecule has 4 aromatic rings. The van der Waals surface area contributed by atoms with Gasteiger partial charge in [-0.15, -0.1) is 0 Å². The number of thioether (sulfide) groups is 1. The molecular weight excluding hydrogens is 328 g/mol. The Bertz CT molecular complexity index is 1120. The van der Waals surface area contributed by atoms with Crippen LogP contribution >= 0.6 is 11.8 Å². The van der Waals surface area contributed by atoms with Gasteiger partial charge in [0.2, 0.25) is 0 Å². The number of imidazole rings is 1. The Kier molecular flexibility index (Phi) is 3.58. The number of aromatic amines is 1. The van der Waals surface area contributed by atoms with E-state index >= 15 is 0 Å². The molecule has 0 bridgehead atoms. The van der Waals surface area contributed by atoms with Crippen molar-refractivity contribution in [2.45, 2.75) is 5.03 Å². The van der Waals surface area contributed by atoms with Gasteiger partial charge in [0.25, 0.3) is 0 Å². The van der Waals surface area contributed by atoms with Crippen LogP contribution in [0.1, 0.15) is 10.4 Å². The van der Waals surface area contributed by atoms with Gasteiger partial charge in [-0.3, -0.25) is 4.79 Å². The van der Waals surface area contributed by atoms with Crippen LogP contribution in [0.15, 0.2) is 57.2 Å². The minimum absolute atomic E-state index is 0.0381. The topological polar surface area (TPSA) is 102 Å². The molecule has 0 amide bonds. The van der Waals surface area contributed by atoms with E-state index in [0.717, 1.165) is 0 Å². The van der Waals surface area contributed by atoms with E-state index in [9.17, 15) is 9.59 Å². The number of carbonyl (C=O) groups is 1. The van der Waals surface area contributed by atoms with E-state index in [1.165, 1.54) is 24.4 Å². The monoisotopic (exact) mass is 338 g/mol. The highest BCUT2D eigenvalue weighted by atomic mass is 32.2. The molecule has 0 unspecified atom stereocenters. The highest BCUT2D eigenvalue weighted by Gasteiger charge is 2.15. The zero-order valence-electron chi connectivity index (χ0n) is 12.2. The molecule has 4 rings (SSSR count). The molecule has 118 valence electrons. The van der Waals surface area contributed by atoms with Crippen molar-refractivity contribution in [2.24, 2.45) is 0 Å². The zero-order chi connectivity index (χ0) is 16.5. The number of hydrogen-bond acceptors (Lipinski definition) is 7. The van der Waals surface area contributed by atoms with Crippen LogP contribution in [-0.2, 0) is 0 Å². The summed E-state index contributed by atoms with van der Waals surface area (Å²) in [5, 5.41) is 1.32. The Hall–Kier alpha value is -3.00. The quantitative estimate of drug-likeness (QED) is 0.264. The van der Waals surface area contributed by atoms with Crippen molar-refractivity contribution in [2.75, 3.05) is 5.75 Å². The summed E-state index contributed by atoms with van der Waals surface area (Å²) in [4.78, 5) is 39.6. The highest BCUT2D eigenvalue weighted by molar-refractivity contribution is 8.00. The SMILES string of the molecule is O=C(CSc1ncnc2nc[nH]c12)c1cc2ccccc2oc1=O. The van der Waals surface area contributed by atoms with Crippen molar-refractivity contribution >= 4 is 39.7 Å². The predicted octanol–water partition coefficient (Wildman–Crippen LogP) is 2.43. The number of carbonyl (C=O) groups excluding carboxylic acids is 1. The largest absolute Gasteiger partial charge is 0.422 e. The first-order chi connectivity index (χ1) is 11.7. The van der Waals surface area contributed by atoms with Gasteiger partial charge in [-0.1, -0.05) is 30.0 Å². The molecule has 0 aliphatic carbocycles. The summed E-state index contributed by atoms with van der Waals surface area (Å²) in [5.41, 5.74) is 1.07. The Labute approximate surface area is 139 Å². The van der Waals surface area contributed by atoms with Crippen LogP contribution in [0, 0.1) is 0 Å². The molecule has 0 atom stereocenters. The number of para-hydroxylation sites is 1. The molecule has 3 heterocycles. The van der Waals surface area contributed by atoms with E-state index in [0.29, 0.717) is 27.2 Å². The molecule has 0 saturated heterocycles. The van der Waals surface area contributed by atoms with E-state index in [-0.39, 0.29) is 17.1 Å². The van der Waals surface area contributed by atoms with Crippen LogP contribution in [0.5, 0.6) is 0 Å². The van der Waals surface area contributed by atoms with Gasteiger partial charge in [0.05, 0.1) is 12.1 Å². The average molecular weight is 338 g/mol. The number of Topliss-reactive ketones (excluding diaryl/α,β-unsaturated/α-hetero) is 1. The van der Waals surface area contributed by atoms with Crippen LogP contribution in [0.4, 0.5) is 0 Å². The van der Waals surface area contributed by atoms with Crippen molar-refractivity contribution in [3.05, 3.63) is 59.0 Å². The summed E-state index contributed by atoms with van der Waals surface area (Å²) in [6, 6.07) is 8.64. The van der Waals surface area contributed by atoms with E-state index in [1.807, 2.05) is 6.07 Å². The first kappa shape index (κ1) is 14.6. The lowest BCUT2D eigenvalue weighted by molar-refractivity contribution is 0.101. The molecule has 0 aliphatic rings. The Balaban J connectivity index is 1.61. The second kappa shape index (κ2) is 5.89. The van der Waals surface area contributed by atoms with Crippen molar-refractivity contribution in [1.82, 2.24) is 19.9 Å². The van der Waals surface area contributed by atoms with Crippen LogP contribution in [-0.4, -0.2) is 31.5 Å². The van der Waals surface area contributed by atoms with E-state index in [4.69, 9.17) is 4.42 Å². The van der Waals surface area contributed by atoms with Crippen LogP contribution in [0.3, 0.4) is 0 Å². The third-order valence-corrected chi connectivity index (χ3v) is 4.46. The molecule has 3 aromatic heterocycles. The van der Waals surface area contributed by atoms with E-state index < -0.39 is 5.63 Å². The fraction of sp³-hybridized carbons (Fsp3) is 0.0625. The molecule has 8 heteroatoms. The van der Waals surface area contributed by atoms with Crippen molar-refractivity contribution in [3.8, 4) is 0 Å². The number of nitrogens with zero attached hydrogens (tertiary/aromatic N) is 3. The molecule has 0 saturated carbocycles. The number of hydrogen-bond donors (Lipinski definition) is 1. The lowest BCUT2D eigenvalue weighted by atomic mass is 10.1. The van der Waals surface area contributed by atoms with Gasteiger partial charge in [0, 0.05) is 5.39 Å². The van der Waals surface area contributed by atoms with Gasteiger partial charge in [0.15, 0.2) is 11.4 Å². The maximum Gasteiger partial charge on any atom is 0.347 e. The summed E-state index contributed by atoms with van der Waals surface area (Å²) < 4.78 is 5.20. The van der Waals surface area contributed by atoms with E-state index in [2.05, 4.69) is 19.9 Å². The number of rotatable bonds is 4. The maximum absolute atomic E-state index is 12.4. The Morgan fingerprint density at radius 3 is 3.00 bits per heavy atom. The van der Waals surface area contributed by atoms with Gasteiger partial charge in [-0.25, -0.2) is 19.7 Å². The summed E-state index contributed by atoms with van der Waals surface area (Å²) in [5.74, 6) is -0.250. The Morgan fingerprint density at radius 2 is 2.08 bits per heavy atom. The van der Waals surface area contributed by atoms with Gasteiger partial charge >= 0.3 is 5.63 Å². The summed E-state index contributed by atoms with van der Waals surface area (Å²) in [7, 11) is 0. The fourth-order valence-electron chi connectivity index (χ4n) is 2.32. The number of ketones is 1. The van der Waals surface area contributed by atoms with Crippen molar-refractivity contribution < 1.29 is 9.21 Å². The van der Waals surface area contributed by atoms with Gasteiger partial charge in [0.1, 0.15) is 28.0 Å². The smallest absolute Gasteiger partial charge is 0.347 e. The lowest BCUT2D eigenvalue weighted by Gasteiger charge is -2.02. The number of fused-ring (bicyclic) bond motifs is 2. The second-order valence-electron chi connectivity index (χ2n) is 4.98. The molecule has 0 fully saturated rings. The fourth-order valence-corrected chi connectivity index (χ4v) is 3.16. The molecule has 1 N–H and O–H groups in total. The third kappa shape index (κ3) is 2.56. The first-order valence-corrected chi connectivity index (χ1v) is 8.04. The normalized spacial score (nSPS) is 11.2. The predicted molar refractivity (Wildman–Crippen MR) is 89.2 cm³/mol. The van der Waals surface area contributed by atoms with Crippen LogP contribution in [0.2, 0.25) is 0 Å². The molecule has 7 nitrogen and oxygen atoms in total. The van der Waals surface area contributed by atoms with Crippen molar-refractivity contribution in [1.29, 1.82) is 0 Å². The standard InChI is InChI=1S/C16H10N4O3S/c21-11(6-24-15-13-14(18-7-17-13)19-8-20-15)10-5-9-3-1-2-4-12(9)23-16(10)22/h1-5,7-8H,6H2,(H,17,18,19,20). The summed E-state index contributed by atoms with van der Waals surface area (Å²) in [6.07, 6.45) is 2.91. The number of H-pyrrole nitrogens is 1. The third-order valence-electron chi connectivity index (χ3n) is 3.47. The van der Waals surface area contributed by atoms with Gasteiger partial charge < -0.3 is 9.40 Å². The molecule has 0 spiro atoms. The Morgan fingerprint density at radius 1 is 1.21 bits per heavy atom. The molecule has 0 aliphatic heterocycles. The molecule has 0 radical (unpaired) electrons. The number of nitrogens with one attached hydrogen (secondary N) is 1. The second-order valence-corrected chi connectivity index (χ2v) is 5.94. The number of aromatic nitrogens is 4. The van der Waals surface area contributed by atoms with Crippen LogP contribution < -0.4 is 5.63 Å². The highest BCUT2D eigenvalue weighted by Crippen LogP contribution is 2.22. The average Bonchev–Trinajstić information content (AvgIpc) is 3.08. The lowest BCUT2D eigenvalue weighted by Crippen LogP contribution is -2.15. The van der Waals surface area contributed by atoms with Crippen molar-refractivity contribution in [3.63, 3.8) is 0 Å².